The first kappa shape index (κ1) is 20.2. The number of hydrogen-bond donors (Lipinski definition) is 0. The fourth-order valence-electron chi connectivity index (χ4n) is 5.46. The summed E-state index contributed by atoms with van der Waals surface area (Å²) in [5, 5.41) is 0. The van der Waals surface area contributed by atoms with E-state index in [9.17, 15) is 4.39 Å². The van der Waals surface area contributed by atoms with Crippen LogP contribution in [0.2, 0.25) is 0 Å². The van der Waals surface area contributed by atoms with E-state index in [-0.39, 0.29) is 6.67 Å². The van der Waals surface area contributed by atoms with Crippen molar-refractivity contribution in [3.63, 3.8) is 0 Å². The van der Waals surface area contributed by atoms with E-state index in [0.717, 1.165) is 36.5 Å². The second kappa shape index (κ2) is 12.3. The van der Waals surface area contributed by atoms with Crippen LogP contribution in [0, 0.1) is 23.7 Å². The van der Waals surface area contributed by atoms with Crippen LogP contribution in [0.3, 0.4) is 0 Å². The van der Waals surface area contributed by atoms with Gasteiger partial charge in [-0.15, -0.1) is 0 Å². The van der Waals surface area contributed by atoms with Crippen molar-refractivity contribution >= 4 is 0 Å². The lowest BCUT2D eigenvalue weighted by Crippen LogP contribution is -2.25. The van der Waals surface area contributed by atoms with Crippen LogP contribution in [-0.2, 0) is 0 Å². The van der Waals surface area contributed by atoms with Crippen molar-refractivity contribution in [1.82, 2.24) is 0 Å². The van der Waals surface area contributed by atoms with Crippen molar-refractivity contribution in [2.75, 3.05) is 6.67 Å². The third-order valence-electron chi connectivity index (χ3n) is 7.16. The summed E-state index contributed by atoms with van der Waals surface area (Å²) in [6, 6.07) is 0. The van der Waals surface area contributed by atoms with Crippen LogP contribution in [0.25, 0.3) is 0 Å². The molecule has 0 aromatic rings. The lowest BCUT2D eigenvalue weighted by atomic mass is 9.68. The third-order valence-corrected chi connectivity index (χ3v) is 7.16. The largest absolute Gasteiger partial charge is 0.251 e. The molecule has 0 saturated heterocycles. The Morgan fingerprint density at radius 2 is 1.04 bits per heavy atom. The van der Waals surface area contributed by atoms with Crippen LogP contribution in [0.15, 0.2) is 0 Å². The van der Waals surface area contributed by atoms with Crippen molar-refractivity contribution in [3.8, 4) is 0 Å². The summed E-state index contributed by atoms with van der Waals surface area (Å²) in [5.74, 6) is 4.06. The Labute approximate surface area is 151 Å². The molecule has 2 saturated carbocycles. The molecular formula is C23H43F. The number of rotatable bonds is 11. The maximum Gasteiger partial charge on any atom is 0.0894 e. The molecule has 2 rings (SSSR count). The zero-order valence-electron chi connectivity index (χ0n) is 16.4. The molecule has 0 nitrogen and oxygen atoms in total. The predicted molar refractivity (Wildman–Crippen MR) is 104 cm³/mol. The lowest BCUT2D eigenvalue weighted by molar-refractivity contribution is 0.139. The van der Waals surface area contributed by atoms with Gasteiger partial charge in [0.25, 0.3) is 0 Å². The Hall–Kier alpha value is -0.0700. The molecule has 0 N–H and O–H groups in total. The minimum atomic E-state index is -0.114. The molecule has 24 heavy (non-hydrogen) atoms. The SMILES string of the molecule is CCCCCCCC1CCC(C2CCC(CCCCF)CC2)CC1. The molecule has 0 amide bonds. The van der Waals surface area contributed by atoms with Gasteiger partial charge in [-0.1, -0.05) is 84.0 Å². The van der Waals surface area contributed by atoms with Gasteiger partial charge in [0.2, 0.25) is 0 Å². The summed E-state index contributed by atoms with van der Waals surface area (Å²) in [4.78, 5) is 0. The molecule has 142 valence electrons. The maximum absolute atomic E-state index is 12.2. The van der Waals surface area contributed by atoms with Gasteiger partial charge in [-0.2, -0.15) is 0 Å². The highest BCUT2D eigenvalue weighted by molar-refractivity contribution is 4.82. The summed E-state index contributed by atoms with van der Waals surface area (Å²) in [7, 11) is 0. The topological polar surface area (TPSA) is 0 Å². The molecule has 0 heterocycles. The molecule has 0 atom stereocenters. The standard InChI is InChI=1S/C23H43F/c1-2-3-4-5-6-9-20-11-15-22(16-12-20)23-17-13-21(14-18-23)10-7-8-19-24/h20-23H,2-19H2,1H3. The van der Waals surface area contributed by atoms with Gasteiger partial charge in [0.15, 0.2) is 0 Å². The van der Waals surface area contributed by atoms with E-state index in [4.69, 9.17) is 0 Å². The first-order valence-electron chi connectivity index (χ1n) is 11.4. The summed E-state index contributed by atoms with van der Waals surface area (Å²) >= 11 is 0. The monoisotopic (exact) mass is 338 g/mol. The first-order chi connectivity index (χ1) is 11.8. The van der Waals surface area contributed by atoms with Gasteiger partial charge < -0.3 is 0 Å². The normalized spacial score (nSPS) is 31.2. The van der Waals surface area contributed by atoms with Crippen molar-refractivity contribution in [1.29, 1.82) is 0 Å². The molecule has 2 aliphatic carbocycles. The first-order valence-corrected chi connectivity index (χ1v) is 11.4. The van der Waals surface area contributed by atoms with E-state index in [1.165, 1.54) is 96.3 Å². The maximum atomic E-state index is 12.2. The van der Waals surface area contributed by atoms with Gasteiger partial charge in [-0.05, 0) is 55.8 Å². The van der Waals surface area contributed by atoms with Gasteiger partial charge in [0, 0.05) is 0 Å². The quantitative estimate of drug-likeness (QED) is 0.334. The van der Waals surface area contributed by atoms with Gasteiger partial charge >= 0.3 is 0 Å². The van der Waals surface area contributed by atoms with Gasteiger partial charge in [-0.25, -0.2) is 0 Å². The Bertz CT molecular complexity index is 284. The molecular weight excluding hydrogens is 295 g/mol. The molecule has 0 aromatic carbocycles. The minimum absolute atomic E-state index is 0.114. The second-order valence-electron chi connectivity index (χ2n) is 8.95. The van der Waals surface area contributed by atoms with Crippen LogP contribution in [0.5, 0.6) is 0 Å². The molecule has 0 aliphatic heterocycles. The molecule has 0 aromatic heterocycles. The van der Waals surface area contributed by atoms with E-state index in [1.54, 1.807) is 0 Å². The van der Waals surface area contributed by atoms with Crippen LogP contribution < -0.4 is 0 Å². The fourth-order valence-corrected chi connectivity index (χ4v) is 5.46. The molecule has 2 aliphatic rings. The van der Waals surface area contributed by atoms with Crippen LogP contribution in [-0.4, -0.2) is 6.67 Å². The van der Waals surface area contributed by atoms with Crippen molar-refractivity contribution in [2.24, 2.45) is 23.7 Å². The molecule has 1 heteroatoms. The average molecular weight is 339 g/mol. The molecule has 0 bridgehead atoms. The molecule has 0 unspecified atom stereocenters. The zero-order valence-corrected chi connectivity index (χ0v) is 16.4. The van der Waals surface area contributed by atoms with E-state index in [0.29, 0.717) is 0 Å². The van der Waals surface area contributed by atoms with Crippen LogP contribution >= 0.6 is 0 Å². The van der Waals surface area contributed by atoms with E-state index < -0.39 is 0 Å². The molecule has 2 fully saturated rings. The van der Waals surface area contributed by atoms with E-state index >= 15 is 0 Å². The molecule has 0 radical (unpaired) electrons. The number of unbranched alkanes of at least 4 members (excludes halogenated alkanes) is 5. The number of halogens is 1. The number of alkyl halides is 1. The minimum Gasteiger partial charge on any atom is -0.251 e. The summed E-state index contributed by atoms with van der Waals surface area (Å²) in [6.07, 6.45) is 23.9. The van der Waals surface area contributed by atoms with Crippen LogP contribution in [0.1, 0.15) is 116 Å². The summed E-state index contributed by atoms with van der Waals surface area (Å²) in [6.45, 7) is 2.19. The van der Waals surface area contributed by atoms with Crippen molar-refractivity contribution < 1.29 is 4.39 Å². The summed E-state index contributed by atoms with van der Waals surface area (Å²) < 4.78 is 12.2. The van der Waals surface area contributed by atoms with Crippen molar-refractivity contribution in [3.05, 3.63) is 0 Å². The second-order valence-corrected chi connectivity index (χ2v) is 8.95. The predicted octanol–water partition coefficient (Wildman–Crippen LogP) is 8.10. The van der Waals surface area contributed by atoms with Gasteiger partial charge in [0.05, 0.1) is 6.67 Å². The Kier molecular flexibility index (Phi) is 10.4. The Morgan fingerprint density at radius 1 is 0.583 bits per heavy atom. The van der Waals surface area contributed by atoms with E-state index in [2.05, 4.69) is 6.92 Å². The van der Waals surface area contributed by atoms with Crippen molar-refractivity contribution in [2.45, 2.75) is 116 Å². The fraction of sp³-hybridized carbons (Fsp3) is 1.00. The highest BCUT2D eigenvalue weighted by Crippen LogP contribution is 2.43. The Morgan fingerprint density at radius 3 is 1.50 bits per heavy atom. The zero-order chi connectivity index (χ0) is 17.0. The van der Waals surface area contributed by atoms with Gasteiger partial charge in [0.1, 0.15) is 0 Å². The van der Waals surface area contributed by atoms with Crippen LogP contribution in [0.4, 0.5) is 4.39 Å². The number of hydrogen-bond acceptors (Lipinski definition) is 0. The average Bonchev–Trinajstić information content (AvgIpc) is 2.63. The third kappa shape index (κ3) is 7.44. The Balaban J connectivity index is 1.53. The highest BCUT2D eigenvalue weighted by Gasteiger charge is 2.30. The molecule has 0 spiro atoms. The van der Waals surface area contributed by atoms with E-state index in [1.807, 2.05) is 0 Å². The summed E-state index contributed by atoms with van der Waals surface area (Å²) in [5.41, 5.74) is 0. The highest BCUT2D eigenvalue weighted by atomic mass is 19.1. The smallest absolute Gasteiger partial charge is 0.0894 e. The lowest BCUT2D eigenvalue weighted by Gasteiger charge is -2.38. The van der Waals surface area contributed by atoms with Gasteiger partial charge in [-0.3, -0.25) is 4.39 Å².